The molecule has 3 heteroatoms. The number of H-pyrrole nitrogens is 1. The Hall–Kier alpha value is -3.07. The molecule has 26 heavy (non-hydrogen) atoms. The molecule has 0 amide bonds. The molecule has 0 aliphatic heterocycles. The molecule has 4 rings (SSSR count). The molecule has 1 aromatic heterocycles. The number of aromatic amines is 1. The normalized spacial score (nSPS) is 12.6. The molecule has 0 saturated carbocycles. The Morgan fingerprint density at radius 2 is 1.77 bits per heavy atom. The Morgan fingerprint density at radius 1 is 1.04 bits per heavy atom. The molecule has 0 radical (unpaired) electrons. The Bertz CT molecular complexity index is 950. The summed E-state index contributed by atoms with van der Waals surface area (Å²) < 4.78 is 5.08. The summed E-state index contributed by atoms with van der Waals surface area (Å²) >= 11 is 0. The highest BCUT2D eigenvalue weighted by molar-refractivity contribution is 5.89. The van der Waals surface area contributed by atoms with Gasteiger partial charge in [0.1, 0.15) is 5.69 Å². The summed E-state index contributed by atoms with van der Waals surface area (Å²) in [4.78, 5) is 15.2. The maximum atomic E-state index is 11.9. The van der Waals surface area contributed by atoms with Gasteiger partial charge in [-0.1, -0.05) is 60.7 Å². The molecule has 1 aliphatic rings. The number of hydrogen-bond acceptors (Lipinski definition) is 2. The first-order chi connectivity index (χ1) is 12.7. The van der Waals surface area contributed by atoms with Crippen LogP contribution in [0.1, 0.15) is 34.2 Å². The molecule has 0 unspecified atom stereocenters. The van der Waals surface area contributed by atoms with Gasteiger partial charge in [0.15, 0.2) is 0 Å². The van der Waals surface area contributed by atoms with Crippen LogP contribution < -0.4 is 0 Å². The molecule has 1 heterocycles. The smallest absolute Gasteiger partial charge is 0.354 e. The van der Waals surface area contributed by atoms with Gasteiger partial charge in [-0.2, -0.15) is 0 Å². The minimum absolute atomic E-state index is 0.284. The third-order valence-corrected chi connectivity index (χ3v) is 4.74. The molecule has 1 N–H and O–H groups in total. The summed E-state index contributed by atoms with van der Waals surface area (Å²) in [5.41, 5.74) is 7.73. The minimum Gasteiger partial charge on any atom is -0.461 e. The summed E-state index contributed by atoms with van der Waals surface area (Å²) in [5, 5.41) is 0. The van der Waals surface area contributed by atoms with E-state index < -0.39 is 0 Å². The molecule has 130 valence electrons. The van der Waals surface area contributed by atoms with Crippen molar-refractivity contribution in [1.29, 1.82) is 0 Å². The highest BCUT2D eigenvalue weighted by atomic mass is 16.5. The van der Waals surface area contributed by atoms with E-state index in [0.717, 1.165) is 18.5 Å². The fourth-order valence-corrected chi connectivity index (χ4v) is 3.43. The molecule has 0 atom stereocenters. The predicted octanol–water partition coefficient (Wildman–Crippen LogP) is 5.04. The van der Waals surface area contributed by atoms with Gasteiger partial charge in [-0.15, -0.1) is 0 Å². The zero-order valence-electron chi connectivity index (χ0n) is 14.8. The number of allylic oxidation sites excluding steroid dienone is 2. The quantitative estimate of drug-likeness (QED) is 0.659. The van der Waals surface area contributed by atoms with Gasteiger partial charge in [-0.25, -0.2) is 4.79 Å². The highest BCUT2D eigenvalue weighted by Gasteiger charge is 2.20. The average Bonchev–Trinajstić information content (AvgIpc) is 3.25. The van der Waals surface area contributed by atoms with E-state index in [1.165, 1.54) is 27.8 Å². The monoisotopic (exact) mass is 343 g/mol. The molecule has 1 aliphatic carbocycles. The number of benzene rings is 2. The lowest BCUT2D eigenvalue weighted by molar-refractivity contribution is 0.0520. The van der Waals surface area contributed by atoms with Crippen LogP contribution in [0.3, 0.4) is 0 Å². The van der Waals surface area contributed by atoms with Crippen LogP contribution in [0.2, 0.25) is 0 Å². The number of esters is 1. The van der Waals surface area contributed by atoms with Crippen molar-refractivity contribution >= 4 is 11.5 Å². The van der Waals surface area contributed by atoms with E-state index >= 15 is 0 Å². The number of rotatable bonds is 5. The largest absolute Gasteiger partial charge is 0.461 e. The maximum absolute atomic E-state index is 11.9. The molecule has 0 fully saturated rings. The standard InChI is InChI=1S/C23H21NO2/c1-2-26-23(25)21-15-20-13-12-19(22(20)24-21)14-16-8-10-18(11-9-16)17-6-4-3-5-7-17/h3-12,15,24H,2,13-14H2,1H3. The minimum atomic E-state index is -0.284. The zero-order valence-corrected chi connectivity index (χ0v) is 14.8. The third-order valence-electron chi connectivity index (χ3n) is 4.74. The predicted molar refractivity (Wildman–Crippen MR) is 104 cm³/mol. The van der Waals surface area contributed by atoms with Crippen molar-refractivity contribution in [1.82, 2.24) is 4.98 Å². The number of carbonyl (C=O) groups excluding carboxylic acids is 1. The number of hydrogen-bond donors (Lipinski definition) is 1. The van der Waals surface area contributed by atoms with Crippen LogP contribution in [0.25, 0.3) is 16.7 Å². The molecule has 0 bridgehead atoms. The van der Waals surface area contributed by atoms with Gasteiger partial charge in [0.2, 0.25) is 0 Å². The Kier molecular flexibility index (Phi) is 4.44. The number of aromatic nitrogens is 1. The number of carbonyl (C=O) groups is 1. The lowest BCUT2D eigenvalue weighted by atomic mass is 10.00. The van der Waals surface area contributed by atoms with Gasteiger partial charge in [0.05, 0.1) is 6.61 Å². The lowest BCUT2D eigenvalue weighted by Gasteiger charge is -2.06. The number of nitrogens with one attached hydrogen (secondary N) is 1. The molecular formula is C23H21NO2. The molecule has 0 saturated heterocycles. The van der Waals surface area contributed by atoms with E-state index in [1.807, 2.05) is 19.1 Å². The summed E-state index contributed by atoms with van der Waals surface area (Å²) in [6.45, 7) is 2.21. The number of ether oxygens (including phenoxy) is 1. The van der Waals surface area contributed by atoms with Gasteiger partial charge < -0.3 is 9.72 Å². The van der Waals surface area contributed by atoms with E-state index in [1.54, 1.807) is 0 Å². The molecule has 3 aromatic rings. The van der Waals surface area contributed by atoms with Crippen LogP contribution in [-0.4, -0.2) is 17.6 Å². The second-order valence-electron chi connectivity index (χ2n) is 6.48. The van der Waals surface area contributed by atoms with Gasteiger partial charge in [0.25, 0.3) is 0 Å². The Balaban J connectivity index is 1.50. The van der Waals surface area contributed by atoms with Crippen molar-refractivity contribution in [3.05, 3.63) is 89.3 Å². The van der Waals surface area contributed by atoms with Gasteiger partial charge in [0, 0.05) is 5.69 Å². The van der Waals surface area contributed by atoms with E-state index in [-0.39, 0.29) is 5.97 Å². The highest BCUT2D eigenvalue weighted by Crippen LogP contribution is 2.31. The average molecular weight is 343 g/mol. The summed E-state index contributed by atoms with van der Waals surface area (Å²) in [5.74, 6) is -0.284. The van der Waals surface area contributed by atoms with Crippen molar-refractivity contribution in [2.75, 3.05) is 6.61 Å². The van der Waals surface area contributed by atoms with E-state index in [4.69, 9.17) is 4.74 Å². The van der Waals surface area contributed by atoms with Crippen LogP contribution >= 0.6 is 0 Å². The van der Waals surface area contributed by atoms with Crippen molar-refractivity contribution in [2.45, 2.75) is 19.8 Å². The summed E-state index contributed by atoms with van der Waals surface area (Å²) in [7, 11) is 0. The van der Waals surface area contributed by atoms with Crippen LogP contribution in [0.15, 0.2) is 66.7 Å². The van der Waals surface area contributed by atoms with Gasteiger partial charge in [-0.05, 0) is 53.7 Å². The first-order valence-electron chi connectivity index (χ1n) is 8.97. The van der Waals surface area contributed by atoms with Crippen LogP contribution in [0, 0.1) is 0 Å². The van der Waals surface area contributed by atoms with E-state index in [0.29, 0.717) is 12.3 Å². The van der Waals surface area contributed by atoms with E-state index in [2.05, 4.69) is 59.6 Å². The van der Waals surface area contributed by atoms with Crippen molar-refractivity contribution in [3.8, 4) is 11.1 Å². The van der Waals surface area contributed by atoms with Gasteiger partial charge >= 0.3 is 5.97 Å². The molecule has 3 nitrogen and oxygen atoms in total. The maximum Gasteiger partial charge on any atom is 0.354 e. The van der Waals surface area contributed by atoms with Crippen molar-refractivity contribution < 1.29 is 9.53 Å². The second-order valence-corrected chi connectivity index (χ2v) is 6.48. The summed E-state index contributed by atoms with van der Waals surface area (Å²) in [6.07, 6.45) is 3.95. The second kappa shape index (κ2) is 7.04. The SMILES string of the molecule is CCOC(=O)c1cc2c([nH]1)C(Cc1ccc(-c3ccccc3)cc1)=CC2. The first kappa shape index (κ1) is 16.4. The van der Waals surface area contributed by atoms with Crippen LogP contribution in [0.4, 0.5) is 0 Å². The fraction of sp³-hybridized carbons (Fsp3) is 0.174. The molecule has 2 aromatic carbocycles. The van der Waals surface area contributed by atoms with Crippen molar-refractivity contribution in [3.63, 3.8) is 0 Å². The molecule has 0 spiro atoms. The zero-order chi connectivity index (χ0) is 17.9. The van der Waals surface area contributed by atoms with E-state index in [9.17, 15) is 4.79 Å². The third kappa shape index (κ3) is 3.21. The lowest BCUT2D eigenvalue weighted by Crippen LogP contribution is -2.05. The Labute approximate surface area is 153 Å². The Morgan fingerprint density at radius 3 is 2.50 bits per heavy atom. The van der Waals surface area contributed by atoms with Crippen molar-refractivity contribution in [2.24, 2.45) is 0 Å². The topological polar surface area (TPSA) is 42.1 Å². The summed E-state index contributed by atoms with van der Waals surface area (Å²) in [6, 6.07) is 21.0. The molecular weight excluding hydrogens is 322 g/mol. The fourth-order valence-electron chi connectivity index (χ4n) is 3.43. The van der Waals surface area contributed by atoms with Crippen LogP contribution in [0.5, 0.6) is 0 Å². The van der Waals surface area contributed by atoms with Crippen LogP contribution in [-0.2, 0) is 17.6 Å². The number of fused-ring (bicyclic) bond motifs is 1. The van der Waals surface area contributed by atoms with Gasteiger partial charge in [-0.3, -0.25) is 0 Å². The first-order valence-corrected chi connectivity index (χ1v) is 8.97.